The third kappa shape index (κ3) is 4.09. The number of nitrogens with zero attached hydrogens (tertiary/aromatic N) is 2. The van der Waals surface area contributed by atoms with E-state index in [4.69, 9.17) is 4.74 Å². The van der Waals surface area contributed by atoms with E-state index in [0.29, 0.717) is 16.5 Å². The number of carbonyl (C=O) groups excluding carboxylic acids is 2. The van der Waals surface area contributed by atoms with Crippen molar-refractivity contribution in [1.29, 1.82) is 0 Å². The highest BCUT2D eigenvalue weighted by Crippen LogP contribution is 2.16. The standard InChI is InChI=1S/C21H21N3O4/c1-3-14(2)22-18(25)13-28-21(27)19-16-11-7-8-12-17(16)20(26)24(23-19)15-9-5-4-6-10-15/h4-12,14H,3,13H2,1-2H3,(H,22,25). The predicted molar refractivity (Wildman–Crippen MR) is 106 cm³/mol. The fourth-order valence-corrected chi connectivity index (χ4v) is 2.70. The van der Waals surface area contributed by atoms with Gasteiger partial charge in [0.2, 0.25) is 0 Å². The first kappa shape index (κ1) is 19.3. The van der Waals surface area contributed by atoms with Crippen molar-refractivity contribution in [2.24, 2.45) is 0 Å². The van der Waals surface area contributed by atoms with Gasteiger partial charge in [0.1, 0.15) is 0 Å². The molecule has 1 aromatic heterocycles. The largest absolute Gasteiger partial charge is 0.451 e. The first-order valence-electron chi connectivity index (χ1n) is 9.05. The number of esters is 1. The van der Waals surface area contributed by atoms with Gasteiger partial charge in [-0.2, -0.15) is 9.78 Å². The second-order valence-electron chi connectivity index (χ2n) is 6.40. The molecule has 0 saturated heterocycles. The number of benzene rings is 2. The van der Waals surface area contributed by atoms with Crippen LogP contribution < -0.4 is 10.9 Å². The van der Waals surface area contributed by atoms with Crippen LogP contribution in [0, 0.1) is 0 Å². The number of carbonyl (C=O) groups is 2. The summed E-state index contributed by atoms with van der Waals surface area (Å²) in [5.74, 6) is -1.15. The Morgan fingerprint density at radius 1 is 1.07 bits per heavy atom. The Bertz CT molecular complexity index is 1060. The second kappa shape index (κ2) is 8.47. The Hall–Kier alpha value is -3.48. The van der Waals surface area contributed by atoms with Gasteiger partial charge in [-0.05, 0) is 31.5 Å². The van der Waals surface area contributed by atoms with Crippen LogP contribution in [0.3, 0.4) is 0 Å². The van der Waals surface area contributed by atoms with Gasteiger partial charge in [0.05, 0.1) is 11.1 Å². The highest BCUT2D eigenvalue weighted by Gasteiger charge is 2.19. The van der Waals surface area contributed by atoms with Gasteiger partial charge >= 0.3 is 5.97 Å². The van der Waals surface area contributed by atoms with Crippen LogP contribution in [0.4, 0.5) is 0 Å². The molecule has 1 amide bonds. The molecular formula is C21H21N3O4. The summed E-state index contributed by atoms with van der Waals surface area (Å²) in [4.78, 5) is 37.3. The van der Waals surface area contributed by atoms with Crippen LogP contribution in [0.2, 0.25) is 0 Å². The Morgan fingerprint density at radius 2 is 1.71 bits per heavy atom. The fourth-order valence-electron chi connectivity index (χ4n) is 2.70. The Morgan fingerprint density at radius 3 is 2.39 bits per heavy atom. The number of hydrogen-bond acceptors (Lipinski definition) is 5. The summed E-state index contributed by atoms with van der Waals surface area (Å²) in [6, 6.07) is 15.5. The maximum Gasteiger partial charge on any atom is 0.359 e. The molecule has 0 aliphatic rings. The molecule has 0 spiro atoms. The molecule has 3 aromatic rings. The topological polar surface area (TPSA) is 90.3 Å². The summed E-state index contributed by atoms with van der Waals surface area (Å²) < 4.78 is 6.31. The molecule has 1 N–H and O–H groups in total. The lowest BCUT2D eigenvalue weighted by molar-refractivity contribution is -0.124. The molecule has 144 valence electrons. The van der Waals surface area contributed by atoms with E-state index in [0.717, 1.165) is 11.1 Å². The molecule has 2 aromatic carbocycles. The predicted octanol–water partition coefficient (Wildman–Crippen LogP) is 2.46. The maximum atomic E-state index is 12.8. The molecule has 1 unspecified atom stereocenters. The van der Waals surface area contributed by atoms with E-state index in [1.54, 1.807) is 48.5 Å². The van der Waals surface area contributed by atoms with Crippen molar-refractivity contribution in [2.75, 3.05) is 6.61 Å². The zero-order chi connectivity index (χ0) is 20.1. The number of rotatable bonds is 6. The van der Waals surface area contributed by atoms with Gasteiger partial charge < -0.3 is 10.1 Å². The van der Waals surface area contributed by atoms with E-state index in [1.807, 2.05) is 19.9 Å². The summed E-state index contributed by atoms with van der Waals surface area (Å²) in [6.45, 7) is 3.40. The van der Waals surface area contributed by atoms with Gasteiger partial charge in [0, 0.05) is 11.4 Å². The molecule has 7 nitrogen and oxygen atoms in total. The van der Waals surface area contributed by atoms with Gasteiger partial charge in [-0.1, -0.05) is 43.3 Å². The molecule has 7 heteroatoms. The lowest BCUT2D eigenvalue weighted by Crippen LogP contribution is -2.35. The van der Waals surface area contributed by atoms with E-state index < -0.39 is 12.6 Å². The minimum atomic E-state index is -0.764. The van der Waals surface area contributed by atoms with Crippen molar-refractivity contribution >= 4 is 22.6 Å². The normalized spacial score (nSPS) is 11.8. The molecule has 0 fully saturated rings. The van der Waals surface area contributed by atoms with Crippen LogP contribution in [-0.4, -0.2) is 34.3 Å². The second-order valence-corrected chi connectivity index (χ2v) is 6.40. The highest BCUT2D eigenvalue weighted by molar-refractivity contribution is 6.02. The molecule has 3 rings (SSSR count). The SMILES string of the molecule is CCC(C)NC(=O)COC(=O)c1nn(-c2ccccc2)c(=O)c2ccccc12. The summed E-state index contributed by atoms with van der Waals surface area (Å²) in [5.41, 5.74) is 0.171. The summed E-state index contributed by atoms with van der Waals surface area (Å²) >= 11 is 0. The molecule has 0 bridgehead atoms. The zero-order valence-electron chi connectivity index (χ0n) is 15.7. The van der Waals surface area contributed by atoms with E-state index >= 15 is 0 Å². The lowest BCUT2D eigenvalue weighted by atomic mass is 10.1. The van der Waals surface area contributed by atoms with Crippen molar-refractivity contribution < 1.29 is 14.3 Å². The van der Waals surface area contributed by atoms with Gasteiger partial charge in [-0.25, -0.2) is 4.79 Å². The van der Waals surface area contributed by atoms with Crippen LogP contribution in [0.5, 0.6) is 0 Å². The first-order chi connectivity index (χ1) is 13.5. The maximum absolute atomic E-state index is 12.8. The zero-order valence-corrected chi connectivity index (χ0v) is 15.7. The van der Waals surface area contributed by atoms with Crippen molar-refractivity contribution in [3.63, 3.8) is 0 Å². The number of nitrogens with one attached hydrogen (secondary N) is 1. The fraction of sp³-hybridized carbons (Fsp3) is 0.238. The van der Waals surface area contributed by atoms with Crippen molar-refractivity contribution in [2.45, 2.75) is 26.3 Å². The Kier molecular flexibility index (Phi) is 5.84. The van der Waals surface area contributed by atoms with Crippen LogP contribution in [-0.2, 0) is 9.53 Å². The molecule has 0 aliphatic heterocycles. The van der Waals surface area contributed by atoms with E-state index in [2.05, 4.69) is 10.4 Å². The summed E-state index contributed by atoms with van der Waals surface area (Å²) in [5, 5.41) is 7.68. The first-order valence-corrected chi connectivity index (χ1v) is 9.05. The van der Waals surface area contributed by atoms with Gasteiger partial charge in [0.25, 0.3) is 11.5 Å². The van der Waals surface area contributed by atoms with Crippen LogP contribution in [0.15, 0.2) is 59.4 Å². The van der Waals surface area contributed by atoms with E-state index in [1.165, 1.54) is 0 Å². The van der Waals surface area contributed by atoms with Crippen molar-refractivity contribution in [1.82, 2.24) is 15.1 Å². The van der Waals surface area contributed by atoms with Crippen molar-refractivity contribution in [3.8, 4) is 5.69 Å². The number of hydrogen-bond donors (Lipinski definition) is 1. The summed E-state index contributed by atoms with van der Waals surface area (Å²) in [6.07, 6.45) is 0.772. The summed E-state index contributed by atoms with van der Waals surface area (Å²) in [7, 11) is 0. The molecule has 0 radical (unpaired) electrons. The minimum Gasteiger partial charge on any atom is -0.451 e. The van der Waals surface area contributed by atoms with Gasteiger partial charge in [-0.15, -0.1) is 0 Å². The molecule has 1 heterocycles. The number of fused-ring (bicyclic) bond motifs is 1. The van der Waals surface area contributed by atoms with Crippen LogP contribution in [0.1, 0.15) is 30.8 Å². The average molecular weight is 379 g/mol. The van der Waals surface area contributed by atoms with Gasteiger partial charge in [-0.3, -0.25) is 9.59 Å². The third-order valence-corrected chi connectivity index (χ3v) is 4.35. The number of para-hydroxylation sites is 1. The lowest BCUT2D eigenvalue weighted by Gasteiger charge is -2.13. The van der Waals surface area contributed by atoms with Crippen molar-refractivity contribution in [3.05, 3.63) is 70.6 Å². The minimum absolute atomic E-state index is 0.00913. The monoisotopic (exact) mass is 379 g/mol. The van der Waals surface area contributed by atoms with E-state index in [-0.39, 0.29) is 23.2 Å². The Balaban J connectivity index is 1.96. The Labute approximate surface area is 161 Å². The van der Waals surface area contributed by atoms with E-state index in [9.17, 15) is 14.4 Å². The number of aromatic nitrogens is 2. The van der Waals surface area contributed by atoms with Gasteiger partial charge in [0.15, 0.2) is 12.3 Å². The third-order valence-electron chi connectivity index (χ3n) is 4.35. The molecule has 1 atom stereocenters. The molecule has 28 heavy (non-hydrogen) atoms. The van der Waals surface area contributed by atoms with Crippen LogP contribution in [0.25, 0.3) is 16.5 Å². The highest BCUT2D eigenvalue weighted by atomic mass is 16.5. The smallest absolute Gasteiger partial charge is 0.359 e. The quantitative estimate of drug-likeness (QED) is 0.665. The number of amides is 1. The number of ether oxygens (including phenoxy) is 1. The van der Waals surface area contributed by atoms with Crippen LogP contribution >= 0.6 is 0 Å². The average Bonchev–Trinajstić information content (AvgIpc) is 2.73. The molecule has 0 saturated carbocycles. The molecule has 0 aliphatic carbocycles. The molecular weight excluding hydrogens is 358 g/mol.